The van der Waals surface area contributed by atoms with Crippen molar-refractivity contribution in [2.45, 2.75) is 44.2 Å². The van der Waals surface area contributed by atoms with Crippen LogP contribution in [0.15, 0.2) is 51.6 Å². The van der Waals surface area contributed by atoms with Crippen molar-refractivity contribution in [3.8, 4) is 0 Å². The van der Waals surface area contributed by atoms with Gasteiger partial charge < -0.3 is 10.6 Å². The van der Waals surface area contributed by atoms with E-state index in [9.17, 15) is 14.4 Å². The molecule has 0 aliphatic heterocycles. The molecule has 1 aliphatic carbocycles. The molecule has 0 saturated heterocycles. The molecule has 2 N–H and O–H groups in total. The van der Waals surface area contributed by atoms with Crippen molar-refractivity contribution in [1.82, 2.24) is 9.55 Å². The minimum atomic E-state index is -0.254. The van der Waals surface area contributed by atoms with E-state index >= 15 is 0 Å². The number of thiophene rings is 1. The number of hydrogen-bond acceptors (Lipinski definition) is 6. The van der Waals surface area contributed by atoms with Crippen LogP contribution in [0.25, 0.3) is 0 Å². The smallest absolute Gasteiger partial charge is 0.326 e. The first kappa shape index (κ1) is 22.3. The summed E-state index contributed by atoms with van der Waals surface area (Å²) in [5, 5.41) is 8.22. The topological polar surface area (TPSA) is 93.1 Å². The molecule has 1 aliphatic rings. The Morgan fingerprint density at radius 2 is 1.81 bits per heavy atom. The van der Waals surface area contributed by atoms with Crippen LogP contribution in [-0.2, 0) is 29.0 Å². The summed E-state index contributed by atoms with van der Waals surface area (Å²) in [4.78, 5) is 41.8. The summed E-state index contributed by atoms with van der Waals surface area (Å²) in [7, 11) is 0. The van der Waals surface area contributed by atoms with Gasteiger partial charge in [-0.1, -0.05) is 17.8 Å². The Kier molecular flexibility index (Phi) is 7.06. The summed E-state index contributed by atoms with van der Waals surface area (Å²) in [5.74, 6) is -0.149. The lowest BCUT2D eigenvalue weighted by molar-refractivity contribution is -0.114. The summed E-state index contributed by atoms with van der Waals surface area (Å²) in [6.45, 7) is 1.99. The van der Waals surface area contributed by atoms with Crippen LogP contribution >= 0.6 is 23.1 Å². The van der Waals surface area contributed by atoms with Crippen LogP contribution in [0.4, 0.5) is 11.4 Å². The van der Waals surface area contributed by atoms with E-state index in [1.165, 1.54) is 18.7 Å². The number of carbonyl (C=O) groups excluding carboxylic acids is 2. The van der Waals surface area contributed by atoms with Gasteiger partial charge in [-0.2, -0.15) is 4.98 Å². The first-order valence-electron chi connectivity index (χ1n) is 10.4. The van der Waals surface area contributed by atoms with E-state index in [1.807, 2.05) is 17.5 Å². The van der Waals surface area contributed by atoms with Crippen LogP contribution in [0.2, 0.25) is 0 Å². The lowest BCUT2D eigenvalue weighted by atomic mass is 9.97. The van der Waals surface area contributed by atoms with Gasteiger partial charge in [-0.25, -0.2) is 4.79 Å². The SMILES string of the molecule is CC(=O)Nc1ccc(NC(=O)CSc2nc(=O)n(Cc3cccs3)c3c2CCCC3)cc1. The number of amides is 2. The molecule has 2 aromatic heterocycles. The van der Waals surface area contributed by atoms with E-state index in [1.54, 1.807) is 40.2 Å². The molecule has 9 heteroatoms. The maximum atomic E-state index is 12.8. The standard InChI is InChI=1S/C23H24N4O3S2/c1-15(28)24-16-8-10-17(11-9-16)25-21(29)14-32-22-19-6-2-3-7-20(19)27(23(30)26-22)13-18-5-4-12-31-18/h4-5,8-12H,2-3,6-7,13-14H2,1H3,(H,24,28)(H,25,29). The van der Waals surface area contributed by atoms with Crippen molar-refractivity contribution >= 4 is 46.3 Å². The Morgan fingerprint density at radius 3 is 2.50 bits per heavy atom. The number of aromatic nitrogens is 2. The predicted octanol–water partition coefficient (Wildman–Crippen LogP) is 3.92. The van der Waals surface area contributed by atoms with Crippen molar-refractivity contribution in [1.29, 1.82) is 0 Å². The van der Waals surface area contributed by atoms with Gasteiger partial charge in [-0.3, -0.25) is 14.2 Å². The van der Waals surface area contributed by atoms with Gasteiger partial charge in [0, 0.05) is 34.4 Å². The average molecular weight is 469 g/mol. The summed E-state index contributed by atoms with van der Waals surface area (Å²) in [6.07, 6.45) is 3.85. The molecule has 0 bridgehead atoms. The second kappa shape index (κ2) is 10.1. The molecule has 7 nitrogen and oxygen atoms in total. The number of hydrogen-bond donors (Lipinski definition) is 2. The Labute approximate surface area is 194 Å². The van der Waals surface area contributed by atoms with Crippen LogP contribution in [0.3, 0.4) is 0 Å². The molecular formula is C23H24N4O3S2. The molecule has 2 heterocycles. The largest absolute Gasteiger partial charge is 0.349 e. The highest BCUT2D eigenvalue weighted by molar-refractivity contribution is 8.00. The van der Waals surface area contributed by atoms with E-state index in [-0.39, 0.29) is 23.3 Å². The molecule has 2 amide bonds. The van der Waals surface area contributed by atoms with Crippen LogP contribution in [-0.4, -0.2) is 27.1 Å². The van der Waals surface area contributed by atoms with E-state index in [0.717, 1.165) is 41.8 Å². The molecule has 0 radical (unpaired) electrons. The molecular weight excluding hydrogens is 444 g/mol. The second-order valence-electron chi connectivity index (χ2n) is 7.59. The van der Waals surface area contributed by atoms with Crippen molar-refractivity contribution in [2.24, 2.45) is 0 Å². The highest BCUT2D eigenvalue weighted by Crippen LogP contribution is 2.29. The molecule has 0 unspecified atom stereocenters. The Hall–Kier alpha value is -2.91. The minimum absolute atomic E-state index is 0.147. The zero-order valence-electron chi connectivity index (χ0n) is 17.7. The van der Waals surface area contributed by atoms with Gasteiger partial charge in [-0.05, 0) is 61.4 Å². The van der Waals surface area contributed by atoms with Gasteiger partial charge in [0.05, 0.1) is 12.3 Å². The number of nitrogens with zero attached hydrogens (tertiary/aromatic N) is 2. The number of carbonyl (C=O) groups is 2. The van der Waals surface area contributed by atoms with Crippen molar-refractivity contribution < 1.29 is 9.59 Å². The Bertz CT molecular complexity index is 1170. The van der Waals surface area contributed by atoms with Gasteiger partial charge in [0.1, 0.15) is 5.03 Å². The maximum Gasteiger partial charge on any atom is 0.349 e. The third-order valence-corrected chi connectivity index (χ3v) is 7.05. The van der Waals surface area contributed by atoms with Gasteiger partial charge in [-0.15, -0.1) is 11.3 Å². The van der Waals surface area contributed by atoms with Crippen molar-refractivity contribution in [2.75, 3.05) is 16.4 Å². The summed E-state index contributed by atoms with van der Waals surface area (Å²) in [5.41, 5.74) is 3.22. The van der Waals surface area contributed by atoms with Gasteiger partial charge in [0.15, 0.2) is 0 Å². The zero-order chi connectivity index (χ0) is 22.5. The number of thioether (sulfide) groups is 1. The van der Waals surface area contributed by atoms with Crippen molar-refractivity contribution in [3.05, 3.63) is 68.4 Å². The first-order chi connectivity index (χ1) is 15.5. The third-order valence-electron chi connectivity index (χ3n) is 5.17. The number of fused-ring (bicyclic) bond motifs is 1. The number of nitrogens with one attached hydrogen (secondary N) is 2. The summed E-state index contributed by atoms with van der Waals surface area (Å²) in [6, 6.07) is 11.0. The quantitative estimate of drug-likeness (QED) is 0.405. The number of anilines is 2. The van der Waals surface area contributed by atoms with E-state index in [0.29, 0.717) is 22.9 Å². The average Bonchev–Trinajstić information content (AvgIpc) is 3.29. The molecule has 1 aromatic carbocycles. The number of benzene rings is 1. The number of rotatable bonds is 7. The maximum absolute atomic E-state index is 12.8. The van der Waals surface area contributed by atoms with E-state index in [2.05, 4.69) is 15.6 Å². The predicted molar refractivity (Wildman–Crippen MR) is 129 cm³/mol. The highest BCUT2D eigenvalue weighted by Gasteiger charge is 2.21. The summed E-state index contributed by atoms with van der Waals surface area (Å²) >= 11 is 2.95. The molecule has 0 spiro atoms. The molecule has 0 atom stereocenters. The molecule has 0 saturated carbocycles. The fourth-order valence-corrected chi connectivity index (χ4v) is 5.33. The normalized spacial score (nSPS) is 12.8. The highest BCUT2D eigenvalue weighted by atomic mass is 32.2. The molecule has 32 heavy (non-hydrogen) atoms. The fourth-order valence-electron chi connectivity index (χ4n) is 3.76. The summed E-state index contributed by atoms with van der Waals surface area (Å²) < 4.78 is 1.79. The molecule has 3 aromatic rings. The van der Waals surface area contributed by atoms with E-state index < -0.39 is 0 Å². The lowest BCUT2D eigenvalue weighted by Crippen LogP contribution is -2.30. The van der Waals surface area contributed by atoms with Gasteiger partial charge >= 0.3 is 5.69 Å². The Balaban J connectivity index is 1.45. The molecule has 0 fully saturated rings. The third kappa shape index (κ3) is 5.46. The molecule has 166 valence electrons. The van der Waals surface area contributed by atoms with Crippen LogP contribution < -0.4 is 16.3 Å². The van der Waals surface area contributed by atoms with Crippen LogP contribution in [0.5, 0.6) is 0 Å². The van der Waals surface area contributed by atoms with Crippen molar-refractivity contribution in [3.63, 3.8) is 0 Å². The van der Waals surface area contributed by atoms with Gasteiger partial charge in [0.2, 0.25) is 11.8 Å². The lowest BCUT2D eigenvalue weighted by Gasteiger charge is -2.22. The zero-order valence-corrected chi connectivity index (χ0v) is 19.4. The van der Waals surface area contributed by atoms with Gasteiger partial charge in [0.25, 0.3) is 0 Å². The monoisotopic (exact) mass is 468 g/mol. The van der Waals surface area contributed by atoms with Crippen LogP contribution in [0, 0.1) is 0 Å². The molecule has 4 rings (SSSR count). The first-order valence-corrected chi connectivity index (χ1v) is 12.3. The minimum Gasteiger partial charge on any atom is -0.326 e. The second-order valence-corrected chi connectivity index (χ2v) is 9.59. The Morgan fingerprint density at radius 1 is 1.09 bits per heavy atom. The van der Waals surface area contributed by atoms with Crippen LogP contribution in [0.1, 0.15) is 35.9 Å². The fraction of sp³-hybridized carbons (Fsp3) is 0.304. The van der Waals surface area contributed by atoms with E-state index in [4.69, 9.17) is 0 Å².